The SMILES string of the molecule is CCCCn1cc(CCCCNC)c2ccccc21. The molecule has 0 amide bonds. The molecule has 0 aliphatic carbocycles. The van der Waals surface area contributed by atoms with Crippen LogP contribution in [0.25, 0.3) is 10.9 Å². The van der Waals surface area contributed by atoms with Gasteiger partial charge in [0.2, 0.25) is 0 Å². The Morgan fingerprint density at radius 1 is 1.11 bits per heavy atom. The second-order valence-electron chi connectivity index (χ2n) is 5.28. The Balaban J connectivity index is 2.13. The number of aromatic nitrogens is 1. The maximum absolute atomic E-state index is 3.22. The second-order valence-corrected chi connectivity index (χ2v) is 5.28. The molecule has 1 aromatic carbocycles. The van der Waals surface area contributed by atoms with Gasteiger partial charge in [-0.05, 0) is 50.9 Å². The maximum Gasteiger partial charge on any atom is 0.0483 e. The molecule has 0 aliphatic rings. The Kier molecular flexibility index (Phi) is 5.46. The summed E-state index contributed by atoms with van der Waals surface area (Å²) in [5.41, 5.74) is 2.92. The number of nitrogens with one attached hydrogen (secondary N) is 1. The average Bonchev–Trinajstić information content (AvgIpc) is 2.80. The van der Waals surface area contributed by atoms with E-state index in [0.29, 0.717) is 0 Å². The van der Waals surface area contributed by atoms with Gasteiger partial charge < -0.3 is 9.88 Å². The number of hydrogen-bond acceptors (Lipinski definition) is 1. The largest absolute Gasteiger partial charge is 0.347 e. The van der Waals surface area contributed by atoms with E-state index in [0.717, 1.165) is 13.1 Å². The van der Waals surface area contributed by atoms with Crippen LogP contribution in [0.3, 0.4) is 0 Å². The number of para-hydroxylation sites is 1. The van der Waals surface area contributed by atoms with E-state index in [9.17, 15) is 0 Å². The molecule has 0 saturated heterocycles. The summed E-state index contributed by atoms with van der Waals surface area (Å²) in [6.07, 6.45) is 8.61. The molecule has 1 aromatic heterocycles. The minimum absolute atomic E-state index is 1.12. The molecule has 0 aliphatic heterocycles. The highest BCUT2D eigenvalue weighted by atomic mass is 15.0. The zero-order valence-corrected chi connectivity index (χ0v) is 12.3. The van der Waals surface area contributed by atoms with Gasteiger partial charge in [-0.1, -0.05) is 31.5 Å². The van der Waals surface area contributed by atoms with Crippen molar-refractivity contribution in [3.63, 3.8) is 0 Å². The van der Waals surface area contributed by atoms with Crippen LogP contribution in [-0.2, 0) is 13.0 Å². The molecular formula is C17H26N2. The molecule has 19 heavy (non-hydrogen) atoms. The van der Waals surface area contributed by atoms with Crippen LogP contribution in [0.5, 0.6) is 0 Å². The summed E-state index contributed by atoms with van der Waals surface area (Å²) < 4.78 is 2.44. The summed E-state index contributed by atoms with van der Waals surface area (Å²) in [7, 11) is 2.02. The fraction of sp³-hybridized carbons (Fsp3) is 0.529. The lowest BCUT2D eigenvalue weighted by Gasteiger charge is -2.02. The van der Waals surface area contributed by atoms with Gasteiger partial charge in [-0.25, -0.2) is 0 Å². The van der Waals surface area contributed by atoms with Crippen molar-refractivity contribution in [2.24, 2.45) is 0 Å². The zero-order valence-electron chi connectivity index (χ0n) is 12.3. The van der Waals surface area contributed by atoms with Crippen LogP contribution in [0.15, 0.2) is 30.5 Å². The Morgan fingerprint density at radius 3 is 2.74 bits per heavy atom. The fourth-order valence-corrected chi connectivity index (χ4v) is 2.65. The van der Waals surface area contributed by atoms with Crippen LogP contribution in [0, 0.1) is 0 Å². The lowest BCUT2D eigenvalue weighted by molar-refractivity contribution is 0.644. The first-order valence-corrected chi connectivity index (χ1v) is 7.58. The highest BCUT2D eigenvalue weighted by molar-refractivity contribution is 5.83. The molecule has 0 bridgehead atoms. The van der Waals surface area contributed by atoms with Crippen LogP contribution in [0.2, 0.25) is 0 Å². The van der Waals surface area contributed by atoms with Crippen LogP contribution < -0.4 is 5.32 Å². The van der Waals surface area contributed by atoms with Crippen LogP contribution in [0.1, 0.15) is 38.2 Å². The van der Waals surface area contributed by atoms with Crippen LogP contribution in [-0.4, -0.2) is 18.2 Å². The van der Waals surface area contributed by atoms with E-state index < -0.39 is 0 Å². The molecule has 1 heterocycles. The minimum atomic E-state index is 1.12. The summed E-state index contributed by atoms with van der Waals surface area (Å²) in [6.45, 7) is 4.52. The van der Waals surface area contributed by atoms with Gasteiger partial charge in [0.1, 0.15) is 0 Å². The van der Waals surface area contributed by atoms with Crippen molar-refractivity contribution in [1.29, 1.82) is 0 Å². The molecule has 2 heteroatoms. The Bertz CT molecular complexity index is 499. The van der Waals surface area contributed by atoms with E-state index in [-0.39, 0.29) is 0 Å². The van der Waals surface area contributed by atoms with E-state index in [2.05, 4.69) is 47.3 Å². The molecule has 104 valence electrons. The molecule has 2 nitrogen and oxygen atoms in total. The van der Waals surface area contributed by atoms with Gasteiger partial charge in [0.05, 0.1) is 0 Å². The first kappa shape index (κ1) is 14.1. The van der Waals surface area contributed by atoms with Crippen LogP contribution in [0.4, 0.5) is 0 Å². The normalized spacial score (nSPS) is 11.3. The van der Waals surface area contributed by atoms with Gasteiger partial charge in [0, 0.05) is 23.6 Å². The number of nitrogens with zero attached hydrogens (tertiary/aromatic N) is 1. The molecule has 0 fully saturated rings. The van der Waals surface area contributed by atoms with Gasteiger partial charge in [0.25, 0.3) is 0 Å². The van der Waals surface area contributed by atoms with Crippen LogP contribution >= 0.6 is 0 Å². The summed E-state index contributed by atoms with van der Waals surface area (Å²) in [5, 5.41) is 4.67. The number of rotatable bonds is 8. The lowest BCUT2D eigenvalue weighted by atomic mass is 10.1. The highest BCUT2D eigenvalue weighted by Crippen LogP contribution is 2.23. The summed E-state index contributed by atoms with van der Waals surface area (Å²) in [6, 6.07) is 8.83. The number of aryl methyl sites for hydroxylation is 2. The van der Waals surface area contributed by atoms with Crippen molar-refractivity contribution < 1.29 is 0 Å². The second kappa shape index (κ2) is 7.34. The summed E-state index contributed by atoms with van der Waals surface area (Å²) >= 11 is 0. The monoisotopic (exact) mass is 258 g/mol. The molecule has 0 atom stereocenters. The molecule has 2 aromatic rings. The molecule has 0 spiro atoms. The minimum Gasteiger partial charge on any atom is -0.347 e. The average molecular weight is 258 g/mol. The van der Waals surface area contributed by atoms with Crippen molar-refractivity contribution >= 4 is 10.9 Å². The molecule has 1 N–H and O–H groups in total. The molecule has 0 unspecified atom stereocenters. The van der Waals surface area contributed by atoms with Gasteiger partial charge in [-0.3, -0.25) is 0 Å². The van der Waals surface area contributed by atoms with Gasteiger partial charge in [-0.2, -0.15) is 0 Å². The zero-order chi connectivity index (χ0) is 13.5. The fourth-order valence-electron chi connectivity index (χ4n) is 2.65. The molecule has 0 saturated carbocycles. The third-order valence-corrected chi connectivity index (χ3v) is 3.75. The first-order valence-electron chi connectivity index (χ1n) is 7.58. The van der Waals surface area contributed by atoms with E-state index in [1.54, 1.807) is 0 Å². The Morgan fingerprint density at radius 2 is 1.95 bits per heavy atom. The van der Waals surface area contributed by atoms with Crippen molar-refractivity contribution in [3.05, 3.63) is 36.0 Å². The first-order chi connectivity index (χ1) is 9.36. The predicted octanol–water partition coefficient (Wildman–Crippen LogP) is 3.98. The molecular weight excluding hydrogens is 232 g/mol. The standard InChI is InChI=1S/C17H26N2/c1-3-4-13-19-14-15(9-7-8-12-18-2)16-10-5-6-11-17(16)19/h5-6,10-11,14,18H,3-4,7-9,12-13H2,1-2H3. The van der Waals surface area contributed by atoms with E-state index in [1.807, 2.05) is 7.05 Å². The topological polar surface area (TPSA) is 17.0 Å². The van der Waals surface area contributed by atoms with Crippen molar-refractivity contribution in [2.45, 2.75) is 45.6 Å². The molecule has 2 rings (SSSR count). The van der Waals surface area contributed by atoms with Gasteiger partial charge in [-0.15, -0.1) is 0 Å². The maximum atomic E-state index is 3.22. The van der Waals surface area contributed by atoms with E-state index in [4.69, 9.17) is 0 Å². The van der Waals surface area contributed by atoms with Gasteiger partial charge >= 0.3 is 0 Å². The number of unbranched alkanes of at least 4 members (excludes halogenated alkanes) is 2. The van der Waals surface area contributed by atoms with Gasteiger partial charge in [0.15, 0.2) is 0 Å². The summed E-state index contributed by atoms with van der Waals surface area (Å²) in [5.74, 6) is 0. The number of benzene rings is 1. The Labute approximate surface area is 116 Å². The number of fused-ring (bicyclic) bond motifs is 1. The van der Waals surface area contributed by atoms with Crippen molar-refractivity contribution in [3.8, 4) is 0 Å². The quantitative estimate of drug-likeness (QED) is 0.709. The number of hydrogen-bond donors (Lipinski definition) is 1. The highest BCUT2D eigenvalue weighted by Gasteiger charge is 2.07. The van der Waals surface area contributed by atoms with E-state index >= 15 is 0 Å². The predicted molar refractivity (Wildman–Crippen MR) is 83.7 cm³/mol. The third-order valence-electron chi connectivity index (χ3n) is 3.75. The van der Waals surface area contributed by atoms with Crippen molar-refractivity contribution in [2.75, 3.05) is 13.6 Å². The van der Waals surface area contributed by atoms with E-state index in [1.165, 1.54) is 48.6 Å². The van der Waals surface area contributed by atoms with Crippen molar-refractivity contribution in [1.82, 2.24) is 9.88 Å². The Hall–Kier alpha value is -1.28. The lowest BCUT2D eigenvalue weighted by Crippen LogP contribution is -2.07. The summed E-state index contributed by atoms with van der Waals surface area (Å²) in [4.78, 5) is 0. The smallest absolute Gasteiger partial charge is 0.0483 e. The molecule has 0 radical (unpaired) electrons. The third kappa shape index (κ3) is 3.60.